The summed E-state index contributed by atoms with van der Waals surface area (Å²) in [6.07, 6.45) is 1.29. The highest BCUT2D eigenvalue weighted by Gasteiger charge is 2.18. The van der Waals surface area contributed by atoms with Crippen molar-refractivity contribution < 1.29 is 13.9 Å². The quantitative estimate of drug-likeness (QED) is 0.729. The molecule has 0 saturated carbocycles. The first-order valence-corrected chi connectivity index (χ1v) is 6.06. The minimum atomic E-state index is -0.399. The molecule has 0 aliphatic carbocycles. The molecule has 0 N–H and O–H groups in total. The van der Waals surface area contributed by atoms with E-state index in [0.29, 0.717) is 18.6 Å². The van der Waals surface area contributed by atoms with Gasteiger partial charge in [-0.15, -0.1) is 0 Å². The highest BCUT2D eigenvalue weighted by atomic mass is 19.1. The monoisotopic (exact) mass is 238 g/mol. The van der Waals surface area contributed by atoms with Gasteiger partial charge in [0.05, 0.1) is 0 Å². The first-order valence-electron chi connectivity index (χ1n) is 6.06. The molecule has 0 saturated heterocycles. The molecule has 0 aromatic heterocycles. The van der Waals surface area contributed by atoms with E-state index >= 15 is 0 Å². The van der Waals surface area contributed by atoms with Crippen molar-refractivity contribution in [3.63, 3.8) is 0 Å². The summed E-state index contributed by atoms with van der Waals surface area (Å²) in [5, 5.41) is 0. The second-order valence-corrected chi connectivity index (χ2v) is 3.97. The van der Waals surface area contributed by atoms with Crippen LogP contribution in [-0.4, -0.2) is 18.5 Å². The molecule has 94 valence electrons. The molecular formula is C14H19FO2. The van der Waals surface area contributed by atoms with Crippen LogP contribution in [0.5, 0.6) is 0 Å². The van der Waals surface area contributed by atoms with E-state index in [-0.39, 0.29) is 18.0 Å². The van der Waals surface area contributed by atoms with Crippen molar-refractivity contribution in [1.29, 1.82) is 0 Å². The van der Waals surface area contributed by atoms with Gasteiger partial charge in [-0.25, -0.2) is 4.39 Å². The Morgan fingerprint density at radius 1 is 1.35 bits per heavy atom. The Hall–Kier alpha value is -1.22. The average molecular weight is 238 g/mol. The van der Waals surface area contributed by atoms with Gasteiger partial charge in [0.1, 0.15) is 11.9 Å². The molecule has 2 nitrogen and oxygen atoms in total. The third kappa shape index (κ3) is 4.27. The van der Waals surface area contributed by atoms with Crippen molar-refractivity contribution in [1.82, 2.24) is 0 Å². The van der Waals surface area contributed by atoms with Gasteiger partial charge in [0.15, 0.2) is 5.78 Å². The molecule has 17 heavy (non-hydrogen) atoms. The van der Waals surface area contributed by atoms with Crippen molar-refractivity contribution >= 4 is 5.78 Å². The summed E-state index contributed by atoms with van der Waals surface area (Å²) in [4.78, 5) is 12.0. The maximum atomic E-state index is 13.4. The van der Waals surface area contributed by atoms with Gasteiger partial charge in [-0.05, 0) is 25.0 Å². The molecule has 3 heteroatoms. The molecule has 1 aromatic carbocycles. The molecule has 1 rings (SSSR count). The Labute approximate surface area is 102 Å². The van der Waals surface area contributed by atoms with E-state index in [4.69, 9.17) is 4.74 Å². The van der Waals surface area contributed by atoms with Crippen LogP contribution in [-0.2, 0) is 16.0 Å². The number of ether oxygens (including phenoxy) is 1. The summed E-state index contributed by atoms with van der Waals surface area (Å²) in [7, 11) is 0. The van der Waals surface area contributed by atoms with E-state index in [1.807, 2.05) is 13.8 Å². The minimum Gasteiger partial charge on any atom is -0.371 e. The van der Waals surface area contributed by atoms with Crippen molar-refractivity contribution in [3.05, 3.63) is 35.6 Å². The first kappa shape index (κ1) is 13.8. The Bertz CT molecular complexity index is 357. The molecule has 0 aliphatic rings. The third-order valence-electron chi connectivity index (χ3n) is 2.60. The fourth-order valence-electron chi connectivity index (χ4n) is 1.74. The number of Topliss-reactive ketones (excluding diaryl/α,β-unsaturated/α-hetero) is 1. The predicted molar refractivity (Wildman–Crippen MR) is 65.4 cm³/mol. The second-order valence-electron chi connectivity index (χ2n) is 3.97. The number of carbonyl (C=O) groups is 1. The molecule has 0 spiro atoms. The molecule has 0 bridgehead atoms. The van der Waals surface area contributed by atoms with E-state index in [1.165, 1.54) is 6.07 Å². The summed E-state index contributed by atoms with van der Waals surface area (Å²) in [6.45, 7) is 4.37. The summed E-state index contributed by atoms with van der Waals surface area (Å²) in [6, 6.07) is 6.37. The maximum Gasteiger partial charge on any atom is 0.166 e. The van der Waals surface area contributed by atoms with Gasteiger partial charge in [0.2, 0.25) is 0 Å². The van der Waals surface area contributed by atoms with Crippen molar-refractivity contribution in [2.24, 2.45) is 0 Å². The Balaban J connectivity index is 2.66. The molecule has 0 amide bonds. The number of hydrogen-bond acceptors (Lipinski definition) is 2. The number of rotatable bonds is 7. The van der Waals surface area contributed by atoms with Gasteiger partial charge in [-0.2, -0.15) is 0 Å². The highest BCUT2D eigenvalue weighted by molar-refractivity contribution is 5.85. The fraction of sp³-hybridized carbons (Fsp3) is 0.500. The molecule has 0 aliphatic heterocycles. The molecule has 0 heterocycles. The topological polar surface area (TPSA) is 26.3 Å². The summed E-state index contributed by atoms with van der Waals surface area (Å²) in [5.41, 5.74) is 0.443. The number of carbonyl (C=O) groups excluding carboxylic acids is 1. The maximum absolute atomic E-state index is 13.4. The predicted octanol–water partition coefficient (Wildman–Crippen LogP) is 3.14. The number of halogens is 1. The molecule has 1 atom stereocenters. The number of ketones is 1. The van der Waals surface area contributed by atoms with Crippen LogP contribution in [0.25, 0.3) is 0 Å². The van der Waals surface area contributed by atoms with E-state index in [2.05, 4.69) is 0 Å². The summed E-state index contributed by atoms with van der Waals surface area (Å²) >= 11 is 0. The van der Waals surface area contributed by atoms with Crippen LogP contribution in [0, 0.1) is 5.82 Å². The van der Waals surface area contributed by atoms with E-state index in [9.17, 15) is 9.18 Å². The van der Waals surface area contributed by atoms with Gasteiger partial charge in [-0.3, -0.25) is 4.79 Å². The van der Waals surface area contributed by atoms with Crippen molar-refractivity contribution in [2.75, 3.05) is 6.61 Å². The van der Waals surface area contributed by atoms with Gasteiger partial charge < -0.3 is 4.74 Å². The molecule has 1 aromatic rings. The van der Waals surface area contributed by atoms with E-state index in [0.717, 1.165) is 6.42 Å². The van der Waals surface area contributed by atoms with Crippen molar-refractivity contribution in [2.45, 2.75) is 39.2 Å². The SMILES string of the molecule is CCCC(OCC)C(=O)Cc1ccccc1F. The third-order valence-corrected chi connectivity index (χ3v) is 2.60. The average Bonchev–Trinajstić information content (AvgIpc) is 2.32. The summed E-state index contributed by atoms with van der Waals surface area (Å²) < 4.78 is 18.8. The van der Waals surface area contributed by atoms with Gasteiger partial charge in [0, 0.05) is 13.0 Å². The fourth-order valence-corrected chi connectivity index (χ4v) is 1.74. The lowest BCUT2D eigenvalue weighted by molar-refractivity contribution is -0.130. The van der Waals surface area contributed by atoms with E-state index < -0.39 is 6.10 Å². The number of benzene rings is 1. The second kappa shape index (κ2) is 7.17. The lowest BCUT2D eigenvalue weighted by atomic mass is 10.0. The Morgan fingerprint density at radius 2 is 2.06 bits per heavy atom. The van der Waals surface area contributed by atoms with Crippen LogP contribution >= 0.6 is 0 Å². The Kier molecular flexibility index (Phi) is 5.84. The van der Waals surface area contributed by atoms with Crippen LogP contribution in [0.1, 0.15) is 32.3 Å². The highest BCUT2D eigenvalue weighted by Crippen LogP contribution is 2.12. The lowest BCUT2D eigenvalue weighted by Gasteiger charge is -2.15. The zero-order valence-corrected chi connectivity index (χ0v) is 10.4. The van der Waals surface area contributed by atoms with Crippen LogP contribution in [0.15, 0.2) is 24.3 Å². The van der Waals surface area contributed by atoms with Gasteiger partial charge >= 0.3 is 0 Å². The van der Waals surface area contributed by atoms with Gasteiger partial charge in [-0.1, -0.05) is 31.5 Å². The van der Waals surface area contributed by atoms with Crippen LogP contribution in [0.4, 0.5) is 4.39 Å². The molecule has 0 fully saturated rings. The normalized spacial score (nSPS) is 12.4. The summed E-state index contributed by atoms with van der Waals surface area (Å²) in [5.74, 6) is -0.369. The van der Waals surface area contributed by atoms with Crippen LogP contribution in [0.3, 0.4) is 0 Å². The smallest absolute Gasteiger partial charge is 0.166 e. The molecule has 0 radical (unpaired) electrons. The van der Waals surface area contributed by atoms with Crippen molar-refractivity contribution in [3.8, 4) is 0 Å². The largest absolute Gasteiger partial charge is 0.371 e. The molecular weight excluding hydrogens is 219 g/mol. The van der Waals surface area contributed by atoms with Crippen LogP contribution in [0.2, 0.25) is 0 Å². The van der Waals surface area contributed by atoms with Gasteiger partial charge in [0.25, 0.3) is 0 Å². The zero-order valence-electron chi connectivity index (χ0n) is 10.4. The molecule has 1 unspecified atom stereocenters. The number of hydrogen-bond donors (Lipinski definition) is 0. The zero-order chi connectivity index (χ0) is 12.7. The standard InChI is InChI=1S/C14H19FO2/c1-3-7-14(17-4-2)13(16)10-11-8-5-6-9-12(11)15/h5-6,8-9,14H,3-4,7,10H2,1-2H3. The lowest BCUT2D eigenvalue weighted by Crippen LogP contribution is -2.26. The van der Waals surface area contributed by atoms with Crippen LogP contribution < -0.4 is 0 Å². The van der Waals surface area contributed by atoms with E-state index in [1.54, 1.807) is 18.2 Å². The first-order chi connectivity index (χ1) is 8.19. The minimum absolute atomic E-state index is 0.0428. The Morgan fingerprint density at radius 3 is 2.65 bits per heavy atom.